The minimum Gasteiger partial charge on any atom is -0.370 e. The summed E-state index contributed by atoms with van der Waals surface area (Å²) in [6.45, 7) is 4.55. The normalized spacial score (nSPS) is 11.8. The Hall–Kier alpha value is -1.30. The number of hydrogen-bond donors (Lipinski definition) is 0. The summed E-state index contributed by atoms with van der Waals surface area (Å²) < 4.78 is 0. The number of benzene rings is 2. The van der Waals surface area contributed by atoms with Gasteiger partial charge in [0.2, 0.25) is 0 Å². The zero-order chi connectivity index (χ0) is 14.5. The fraction of sp³-hybridized carbons (Fsp3) is 0.300. The molecule has 3 heteroatoms. The zero-order valence-corrected chi connectivity index (χ0v) is 16.7. The molecule has 2 aromatic rings. The van der Waals surface area contributed by atoms with Gasteiger partial charge in [-0.05, 0) is 38.1 Å². The Morgan fingerprint density at radius 1 is 0.609 bits per heavy atom. The molecule has 2 unspecified atom stereocenters. The standard InChI is InChI=1S/C18H24N2.2CH3.Pd/c1-15(19(3)17-11-7-5-8-12-17)16(2)20(4)18-13-9-6-10-14-18;;;/h5-16H,1-4H3;2*1H3;/q;2*-1;. The van der Waals surface area contributed by atoms with Gasteiger partial charge in [-0.15, -0.1) is 0 Å². The summed E-state index contributed by atoms with van der Waals surface area (Å²) in [5, 5.41) is 0. The van der Waals surface area contributed by atoms with E-state index in [1.165, 1.54) is 11.4 Å². The molecule has 0 bridgehead atoms. The van der Waals surface area contributed by atoms with Crippen molar-refractivity contribution in [3.8, 4) is 0 Å². The molecule has 0 aliphatic rings. The third kappa shape index (κ3) is 6.01. The molecular weight excluding hydrogens is 375 g/mol. The second-order valence-electron chi connectivity index (χ2n) is 5.37. The van der Waals surface area contributed by atoms with Gasteiger partial charge in [0.1, 0.15) is 0 Å². The van der Waals surface area contributed by atoms with Crippen LogP contribution in [0.25, 0.3) is 0 Å². The van der Waals surface area contributed by atoms with Crippen molar-refractivity contribution in [3.05, 3.63) is 75.5 Å². The molecule has 0 saturated heterocycles. The molecule has 2 nitrogen and oxygen atoms in total. The van der Waals surface area contributed by atoms with Crippen LogP contribution in [0.3, 0.4) is 0 Å². The summed E-state index contributed by atoms with van der Waals surface area (Å²) in [6, 6.07) is 21.9. The van der Waals surface area contributed by atoms with Crippen LogP contribution in [0.5, 0.6) is 0 Å². The molecule has 2 atom stereocenters. The Morgan fingerprint density at radius 2 is 0.870 bits per heavy atom. The van der Waals surface area contributed by atoms with E-state index in [9.17, 15) is 0 Å². The molecule has 23 heavy (non-hydrogen) atoms. The van der Waals surface area contributed by atoms with E-state index in [4.69, 9.17) is 0 Å². The Balaban J connectivity index is 0. The summed E-state index contributed by atoms with van der Waals surface area (Å²) >= 11 is 0. The molecule has 0 radical (unpaired) electrons. The molecule has 0 heterocycles. The molecule has 0 aliphatic heterocycles. The molecule has 0 aromatic heterocycles. The predicted octanol–water partition coefficient (Wildman–Crippen LogP) is 4.93. The number of rotatable bonds is 5. The molecule has 2 rings (SSSR count). The Morgan fingerprint density at radius 3 is 1.13 bits per heavy atom. The monoisotopic (exact) mass is 404 g/mol. The van der Waals surface area contributed by atoms with Crippen LogP contribution in [0, 0.1) is 14.9 Å². The first-order valence-electron chi connectivity index (χ1n) is 7.17. The van der Waals surface area contributed by atoms with Crippen LogP contribution < -0.4 is 9.80 Å². The topological polar surface area (TPSA) is 6.48 Å². The van der Waals surface area contributed by atoms with E-state index >= 15 is 0 Å². The van der Waals surface area contributed by atoms with E-state index in [0.29, 0.717) is 12.1 Å². The van der Waals surface area contributed by atoms with Gasteiger partial charge in [-0.25, -0.2) is 0 Å². The van der Waals surface area contributed by atoms with Gasteiger partial charge < -0.3 is 24.7 Å². The average Bonchev–Trinajstić information content (AvgIpc) is 2.53. The molecule has 0 amide bonds. The Kier molecular flexibility index (Phi) is 11.7. The van der Waals surface area contributed by atoms with Gasteiger partial charge in [0.15, 0.2) is 0 Å². The largest absolute Gasteiger partial charge is 0.370 e. The second-order valence-corrected chi connectivity index (χ2v) is 5.37. The SMILES string of the molecule is CC(C(C)N(C)c1ccccc1)N(C)c1ccccc1.[CH3-].[CH3-].[Pd]. The van der Waals surface area contributed by atoms with Gasteiger partial charge in [0, 0.05) is 58.0 Å². The van der Waals surface area contributed by atoms with E-state index in [-0.39, 0.29) is 35.3 Å². The van der Waals surface area contributed by atoms with Gasteiger partial charge in [0.05, 0.1) is 0 Å². The quantitative estimate of drug-likeness (QED) is 0.514. The number of para-hydroxylation sites is 2. The third-order valence-corrected chi connectivity index (χ3v) is 4.25. The van der Waals surface area contributed by atoms with Crippen LogP contribution in [-0.2, 0) is 20.4 Å². The van der Waals surface area contributed by atoms with E-state index in [2.05, 4.69) is 98.4 Å². The van der Waals surface area contributed by atoms with Crippen LogP contribution in [0.15, 0.2) is 60.7 Å². The van der Waals surface area contributed by atoms with Crippen molar-refractivity contribution >= 4 is 11.4 Å². The molecular formula is C20H30N2Pd-2. The van der Waals surface area contributed by atoms with Crippen molar-refractivity contribution in [2.24, 2.45) is 0 Å². The van der Waals surface area contributed by atoms with E-state index in [1.807, 2.05) is 0 Å². The average molecular weight is 405 g/mol. The molecule has 0 N–H and O–H groups in total. The van der Waals surface area contributed by atoms with Gasteiger partial charge in [-0.1, -0.05) is 36.4 Å². The molecule has 0 spiro atoms. The van der Waals surface area contributed by atoms with Gasteiger partial charge in [0.25, 0.3) is 0 Å². The van der Waals surface area contributed by atoms with Crippen LogP contribution in [0.4, 0.5) is 11.4 Å². The van der Waals surface area contributed by atoms with Crippen molar-refractivity contribution in [3.63, 3.8) is 0 Å². The molecule has 2 aromatic carbocycles. The number of hydrogen-bond acceptors (Lipinski definition) is 2. The number of nitrogens with zero attached hydrogens (tertiary/aromatic N) is 2. The maximum absolute atomic E-state index is 2.34. The van der Waals surface area contributed by atoms with Crippen molar-refractivity contribution in [2.45, 2.75) is 25.9 Å². The van der Waals surface area contributed by atoms with E-state index in [1.54, 1.807) is 0 Å². The van der Waals surface area contributed by atoms with E-state index < -0.39 is 0 Å². The maximum atomic E-state index is 2.34. The summed E-state index contributed by atoms with van der Waals surface area (Å²) in [4.78, 5) is 4.67. The van der Waals surface area contributed by atoms with Gasteiger partial charge in [-0.3, -0.25) is 0 Å². The Labute approximate surface area is 157 Å². The Bertz CT molecular complexity index is 466. The van der Waals surface area contributed by atoms with Crippen molar-refractivity contribution < 1.29 is 20.4 Å². The summed E-state index contributed by atoms with van der Waals surface area (Å²) in [7, 11) is 4.32. The molecule has 0 saturated carbocycles. The fourth-order valence-electron chi connectivity index (χ4n) is 2.44. The van der Waals surface area contributed by atoms with Gasteiger partial charge in [-0.2, -0.15) is 0 Å². The number of likely N-dealkylation sites (N-methyl/N-ethyl adjacent to an activating group) is 2. The first-order valence-corrected chi connectivity index (χ1v) is 7.17. The van der Waals surface area contributed by atoms with E-state index in [0.717, 1.165) is 0 Å². The predicted molar refractivity (Wildman–Crippen MR) is 101 cm³/mol. The smallest absolute Gasteiger partial charge is 0.0459 e. The van der Waals surface area contributed by atoms with Crippen molar-refractivity contribution in [2.75, 3.05) is 23.9 Å². The number of anilines is 2. The first kappa shape index (κ1) is 24.0. The molecule has 0 fully saturated rings. The van der Waals surface area contributed by atoms with Crippen LogP contribution in [-0.4, -0.2) is 26.2 Å². The zero-order valence-electron chi connectivity index (χ0n) is 15.1. The van der Waals surface area contributed by atoms with Crippen LogP contribution >= 0.6 is 0 Å². The maximum Gasteiger partial charge on any atom is 0.0459 e. The second kappa shape index (κ2) is 11.3. The summed E-state index contributed by atoms with van der Waals surface area (Å²) in [5.41, 5.74) is 2.52. The summed E-state index contributed by atoms with van der Waals surface area (Å²) in [6.07, 6.45) is 0. The van der Waals surface area contributed by atoms with Crippen LogP contribution in [0.1, 0.15) is 13.8 Å². The fourth-order valence-corrected chi connectivity index (χ4v) is 2.44. The third-order valence-electron chi connectivity index (χ3n) is 4.25. The first-order chi connectivity index (χ1) is 9.61. The summed E-state index contributed by atoms with van der Waals surface area (Å²) in [5.74, 6) is 0. The van der Waals surface area contributed by atoms with Crippen LogP contribution in [0.2, 0.25) is 0 Å². The molecule has 132 valence electrons. The minimum atomic E-state index is 0. The van der Waals surface area contributed by atoms with Crippen molar-refractivity contribution in [1.82, 2.24) is 0 Å². The molecule has 0 aliphatic carbocycles. The van der Waals surface area contributed by atoms with Crippen molar-refractivity contribution in [1.29, 1.82) is 0 Å². The minimum absolute atomic E-state index is 0. The van der Waals surface area contributed by atoms with Gasteiger partial charge >= 0.3 is 0 Å².